The summed E-state index contributed by atoms with van der Waals surface area (Å²) in [6.07, 6.45) is 3.74. The van der Waals surface area contributed by atoms with Crippen molar-refractivity contribution in [2.24, 2.45) is 5.92 Å². The van der Waals surface area contributed by atoms with E-state index < -0.39 is 0 Å². The summed E-state index contributed by atoms with van der Waals surface area (Å²) >= 11 is 0. The van der Waals surface area contributed by atoms with E-state index in [1.54, 1.807) is 0 Å². The number of rotatable bonds is 3. The van der Waals surface area contributed by atoms with Gasteiger partial charge in [-0.2, -0.15) is 0 Å². The number of ether oxygens (including phenoxy) is 1. The highest BCUT2D eigenvalue weighted by atomic mass is 16.7. The fourth-order valence-electron chi connectivity index (χ4n) is 3.04. The molecular formula is C14H25BO4. The average Bonchev–Trinajstić information content (AvgIpc) is 2.82. The lowest BCUT2D eigenvalue weighted by Gasteiger charge is -2.32. The lowest BCUT2D eigenvalue weighted by molar-refractivity contribution is -0.141. The maximum atomic E-state index is 11.5. The number of carbonyl (C=O) groups is 1. The Labute approximate surface area is 116 Å². The minimum Gasteiger partial charge on any atom is -0.469 e. The van der Waals surface area contributed by atoms with Crippen LogP contribution in [-0.2, 0) is 18.8 Å². The first-order chi connectivity index (χ1) is 8.77. The molecule has 1 aliphatic carbocycles. The molecule has 0 aromatic heterocycles. The molecule has 0 aromatic rings. The first kappa shape index (κ1) is 14.9. The Balaban J connectivity index is 2.04. The molecule has 1 saturated heterocycles. The largest absolute Gasteiger partial charge is 0.469 e. The van der Waals surface area contributed by atoms with Gasteiger partial charge in [0.25, 0.3) is 0 Å². The number of methoxy groups -OCH3 is 1. The van der Waals surface area contributed by atoms with Gasteiger partial charge in [-0.1, -0.05) is 19.3 Å². The van der Waals surface area contributed by atoms with Crippen LogP contribution in [-0.4, -0.2) is 31.4 Å². The van der Waals surface area contributed by atoms with E-state index in [-0.39, 0.29) is 24.3 Å². The average molecular weight is 268 g/mol. The zero-order valence-corrected chi connectivity index (χ0v) is 12.7. The molecule has 0 amide bonds. The Morgan fingerprint density at radius 1 is 1.21 bits per heavy atom. The van der Waals surface area contributed by atoms with E-state index in [1.165, 1.54) is 7.11 Å². The zero-order chi connectivity index (χ0) is 14.3. The lowest BCUT2D eigenvalue weighted by atomic mass is 9.65. The van der Waals surface area contributed by atoms with Gasteiger partial charge in [0.15, 0.2) is 0 Å². The third-order valence-corrected chi connectivity index (χ3v) is 5.00. The zero-order valence-electron chi connectivity index (χ0n) is 12.7. The quantitative estimate of drug-likeness (QED) is 0.583. The Morgan fingerprint density at radius 3 is 2.32 bits per heavy atom. The van der Waals surface area contributed by atoms with Crippen LogP contribution in [0.3, 0.4) is 0 Å². The maximum Gasteiger partial charge on any atom is 0.461 e. The second-order valence-electron chi connectivity index (χ2n) is 6.76. The molecule has 0 radical (unpaired) electrons. The van der Waals surface area contributed by atoms with Crippen LogP contribution in [0.4, 0.5) is 0 Å². The van der Waals surface area contributed by atoms with Crippen molar-refractivity contribution in [3.63, 3.8) is 0 Å². The SMILES string of the molecule is COC(=O)CC1CCCC1B1OC(C)(C)C(C)(C)O1. The lowest BCUT2D eigenvalue weighted by Crippen LogP contribution is -2.41. The highest BCUT2D eigenvalue weighted by Gasteiger charge is 2.55. The first-order valence-electron chi connectivity index (χ1n) is 7.19. The molecule has 19 heavy (non-hydrogen) atoms. The van der Waals surface area contributed by atoms with Crippen LogP contribution in [0.2, 0.25) is 5.82 Å². The molecule has 0 aromatic carbocycles. The molecule has 0 bridgehead atoms. The second kappa shape index (κ2) is 5.10. The monoisotopic (exact) mass is 268 g/mol. The highest BCUT2D eigenvalue weighted by Crippen LogP contribution is 2.48. The summed E-state index contributed by atoms with van der Waals surface area (Å²) in [6, 6.07) is 0. The van der Waals surface area contributed by atoms with Crippen molar-refractivity contribution in [3.8, 4) is 0 Å². The summed E-state index contributed by atoms with van der Waals surface area (Å²) in [5.41, 5.74) is -0.591. The highest BCUT2D eigenvalue weighted by molar-refractivity contribution is 6.47. The van der Waals surface area contributed by atoms with Crippen molar-refractivity contribution in [1.29, 1.82) is 0 Å². The van der Waals surface area contributed by atoms with Crippen molar-refractivity contribution in [1.82, 2.24) is 0 Å². The van der Waals surface area contributed by atoms with Crippen LogP contribution in [0, 0.1) is 5.92 Å². The van der Waals surface area contributed by atoms with E-state index in [2.05, 4.69) is 27.7 Å². The van der Waals surface area contributed by atoms with Crippen molar-refractivity contribution >= 4 is 13.1 Å². The summed E-state index contributed by atoms with van der Waals surface area (Å²) in [4.78, 5) is 11.5. The molecule has 1 heterocycles. The Kier molecular flexibility index (Phi) is 3.98. The number of hydrogen-bond acceptors (Lipinski definition) is 4. The van der Waals surface area contributed by atoms with E-state index in [1.807, 2.05) is 0 Å². The third-order valence-electron chi connectivity index (χ3n) is 5.00. The molecule has 4 nitrogen and oxygen atoms in total. The van der Waals surface area contributed by atoms with Crippen LogP contribution < -0.4 is 0 Å². The van der Waals surface area contributed by atoms with Crippen LogP contribution in [0.5, 0.6) is 0 Å². The fourth-order valence-corrected chi connectivity index (χ4v) is 3.04. The van der Waals surface area contributed by atoms with E-state index >= 15 is 0 Å². The summed E-state index contributed by atoms with van der Waals surface area (Å²) in [5, 5.41) is 0. The van der Waals surface area contributed by atoms with Gasteiger partial charge in [0, 0.05) is 6.42 Å². The molecular weight excluding hydrogens is 243 g/mol. The second-order valence-corrected chi connectivity index (χ2v) is 6.76. The fraction of sp³-hybridized carbons (Fsp3) is 0.929. The molecule has 0 N–H and O–H groups in total. The third kappa shape index (κ3) is 2.82. The molecule has 5 heteroatoms. The van der Waals surface area contributed by atoms with Crippen molar-refractivity contribution < 1.29 is 18.8 Å². The minimum atomic E-state index is -0.296. The summed E-state index contributed by atoms with van der Waals surface area (Å²) in [5.74, 6) is 0.496. The van der Waals surface area contributed by atoms with Crippen LogP contribution in [0.25, 0.3) is 0 Å². The van der Waals surface area contributed by atoms with Crippen LogP contribution >= 0.6 is 0 Å². The van der Waals surface area contributed by atoms with E-state index in [0.29, 0.717) is 18.2 Å². The summed E-state index contributed by atoms with van der Waals surface area (Å²) < 4.78 is 17.0. The first-order valence-corrected chi connectivity index (χ1v) is 7.19. The molecule has 1 aliphatic heterocycles. The standard InChI is InChI=1S/C14H25BO4/c1-13(2)14(3,4)19-15(18-13)11-8-6-7-10(11)9-12(16)17-5/h10-11H,6-9H2,1-5H3. The van der Waals surface area contributed by atoms with E-state index in [4.69, 9.17) is 14.0 Å². The molecule has 2 atom stereocenters. The van der Waals surface area contributed by atoms with E-state index in [9.17, 15) is 4.79 Å². The predicted molar refractivity (Wildman–Crippen MR) is 73.8 cm³/mol. The number of hydrogen-bond donors (Lipinski definition) is 0. The Bertz CT molecular complexity index is 337. The molecule has 2 rings (SSSR count). The summed E-state index contributed by atoms with van der Waals surface area (Å²) in [7, 11) is 1.25. The van der Waals surface area contributed by atoms with Gasteiger partial charge in [-0.25, -0.2) is 0 Å². The minimum absolute atomic E-state index is 0.131. The van der Waals surface area contributed by atoms with Gasteiger partial charge in [0.05, 0.1) is 18.3 Å². The van der Waals surface area contributed by atoms with Gasteiger partial charge in [-0.15, -0.1) is 0 Å². The Morgan fingerprint density at radius 2 is 1.79 bits per heavy atom. The van der Waals surface area contributed by atoms with Crippen molar-refractivity contribution in [3.05, 3.63) is 0 Å². The van der Waals surface area contributed by atoms with Gasteiger partial charge in [0.2, 0.25) is 0 Å². The van der Waals surface area contributed by atoms with Gasteiger partial charge in [-0.05, 0) is 39.4 Å². The number of carbonyl (C=O) groups excluding carboxylic acids is 1. The van der Waals surface area contributed by atoms with Gasteiger partial charge in [-0.3, -0.25) is 4.79 Å². The normalized spacial score (nSPS) is 32.6. The topological polar surface area (TPSA) is 44.8 Å². The molecule has 0 spiro atoms. The molecule has 2 aliphatic rings. The van der Waals surface area contributed by atoms with Crippen LogP contribution in [0.15, 0.2) is 0 Å². The molecule has 2 fully saturated rings. The predicted octanol–water partition coefficient (Wildman–Crippen LogP) is 2.81. The van der Waals surface area contributed by atoms with Gasteiger partial charge < -0.3 is 14.0 Å². The molecule has 108 valence electrons. The maximum absolute atomic E-state index is 11.5. The Hall–Kier alpha value is -0.545. The molecule has 1 saturated carbocycles. The van der Waals surface area contributed by atoms with Gasteiger partial charge in [0.1, 0.15) is 0 Å². The summed E-state index contributed by atoms with van der Waals surface area (Å²) in [6.45, 7) is 8.27. The van der Waals surface area contributed by atoms with Crippen LogP contribution in [0.1, 0.15) is 53.4 Å². The van der Waals surface area contributed by atoms with Crippen molar-refractivity contribution in [2.75, 3.05) is 7.11 Å². The van der Waals surface area contributed by atoms with Gasteiger partial charge >= 0.3 is 13.1 Å². The number of esters is 1. The smallest absolute Gasteiger partial charge is 0.461 e. The van der Waals surface area contributed by atoms with E-state index in [0.717, 1.165) is 19.3 Å². The van der Waals surface area contributed by atoms with Crippen molar-refractivity contribution in [2.45, 2.75) is 70.4 Å². The molecule has 2 unspecified atom stereocenters.